The minimum atomic E-state index is -0.602. The molecule has 1 saturated heterocycles. The summed E-state index contributed by atoms with van der Waals surface area (Å²) in [5.74, 6) is 1.59. The molecule has 16 heavy (non-hydrogen) atoms. The second kappa shape index (κ2) is 4.97. The van der Waals surface area contributed by atoms with E-state index in [9.17, 15) is 4.21 Å². The maximum atomic E-state index is 11.2. The third-order valence-electron chi connectivity index (χ3n) is 2.96. The maximum Gasteiger partial charge on any atom is 0.0363 e. The van der Waals surface area contributed by atoms with E-state index in [0.717, 1.165) is 36.8 Å². The third kappa shape index (κ3) is 2.83. The summed E-state index contributed by atoms with van der Waals surface area (Å²) in [4.78, 5) is 2.33. The van der Waals surface area contributed by atoms with Gasteiger partial charge < -0.3 is 5.73 Å². The smallest absolute Gasteiger partial charge is 0.0363 e. The van der Waals surface area contributed by atoms with E-state index < -0.39 is 10.8 Å². The summed E-state index contributed by atoms with van der Waals surface area (Å²) in [6.45, 7) is 4.79. The van der Waals surface area contributed by atoms with Gasteiger partial charge in [0.15, 0.2) is 0 Å². The lowest BCUT2D eigenvalue weighted by molar-refractivity contribution is 0.292. The quantitative estimate of drug-likeness (QED) is 0.786. The molecular weight excluding hydrogens is 220 g/mol. The number of hydrogen-bond donors (Lipinski definition) is 1. The van der Waals surface area contributed by atoms with Gasteiger partial charge in [-0.05, 0) is 18.6 Å². The first kappa shape index (κ1) is 11.6. The van der Waals surface area contributed by atoms with Crippen molar-refractivity contribution >= 4 is 16.5 Å². The van der Waals surface area contributed by atoms with Crippen LogP contribution in [0.3, 0.4) is 0 Å². The van der Waals surface area contributed by atoms with Crippen molar-refractivity contribution in [3.63, 3.8) is 0 Å². The van der Waals surface area contributed by atoms with Crippen molar-refractivity contribution in [3.05, 3.63) is 29.3 Å². The molecule has 0 aliphatic carbocycles. The van der Waals surface area contributed by atoms with Crippen LogP contribution in [0.1, 0.15) is 11.1 Å². The maximum absolute atomic E-state index is 11.2. The summed E-state index contributed by atoms with van der Waals surface area (Å²) in [7, 11) is -0.602. The van der Waals surface area contributed by atoms with Crippen molar-refractivity contribution in [1.29, 1.82) is 0 Å². The van der Waals surface area contributed by atoms with Crippen LogP contribution in [0.5, 0.6) is 0 Å². The van der Waals surface area contributed by atoms with Gasteiger partial charge in [-0.15, -0.1) is 0 Å². The van der Waals surface area contributed by atoms with Crippen LogP contribution in [0, 0.1) is 6.92 Å². The Morgan fingerprint density at radius 3 is 2.75 bits per heavy atom. The molecular formula is C12H18N2OS. The molecule has 0 unspecified atom stereocenters. The number of hydrogen-bond acceptors (Lipinski definition) is 3. The average molecular weight is 238 g/mol. The van der Waals surface area contributed by atoms with Crippen molar-refractivity contribution in [2.24, 2.45) is 0 Å². The molecule has 0 amide bonds. The lowest BCUT2D eigenvalue weighted by atomic mass is 10.1. The zero-order valence-corrected chi connectivity index (χ0v) is 10.4. The molecule has 2 N–H and O–H groups in total. The van der Waals surface area contributed by atoms with E-state index >= 15 is 0 Å². The highest BCUT2D eigenvalue weighted by atomic mass is 32.2. The molecule has 0 atom stereocenters. The highest BCUT2D eigenvalue weighted by Crippen LogP contribution is 2.16. The van der Waals surface area contributed by atoms with Gasteiger partial charge >= 0.3 is 0 Å². The Kier molecular flexibility index (Phi) is 3.61. The van der Waals surface area contributed by atoms with Gasteiger partial charge in [-0.2, -0.15) is 0 Å². The highest BCUT2D eigenvalue weighted by molar-refractivity contribution is 7.85. The summed E-state index contributed by atoms with van der Waals surface area (Å²) in [6.07, 6.45) is 0. The molecule has 1 aromatic rings. The minimum absolute atomic E-state index is 0.602. The van der Waals surface area contributed by atoms with Crippen LogP contribution < -0.4 is 5.73 Å². The lowest BCUT2D eigenvalue weighted by Gasteiger charge is -2.26. The van der Waals surface area contributed by atoms with Gasteiger partial charge in [-0.1, -0.05) is 17.7 Å². The molecule has 88 valence electrons. The predicted octanol–water partition coefficient (Wildman–Crippen LogP) is 1.14. The first-order chi connectivity index (χ1) is 7.65. The van der Waals surface area contributed by atoms with Gasteiger partial charge in [0, 0.05) is 47.6 Å². The highest BCUT2D eigenvalue weighted by Gasteiger charge is 2.15. The van der Waals surface area contributed by atoms with E-state index in [4.69, 9.17) is 5.73 Å². The molecule has 0 radical (unpaired) electrons. The van der Waals surface area contributed by atoms with Crippen LogP contribution in [-0.2, 0) is 17.3 Å². The molecule has 0 saturated carbocycles. The van der Waals surface area contributed by atoms with Gasteiger partial charge in [-0.25, -0.2) is 0 Å². The Bertz CT molecular complexity index is 396. The summed E-state index contributed by atoms with van der Waals surface area (Å²) in [5, 5.41) is 0. The Labute approximate surface area is 99.1 Å². The standard InChI is InChI=1S/C12H18N2OS/c1-10-2-3-12(13)11(8-10)9-14-4-6-16(15)7-5-14/h2-3,8H,4-7,9,13H2,1H3. The molecule has 1 aromatic carbocycles. The number of nitrogens with zero attached hydrogens (tertiary/aromatic N) is 1. The normalized spacial score (nSPS) is 18.8. The van der Waals surface area contributed by atoms with Crippen LogP contribution in [0.4, 0.5) is 5.69 Å². The summed E-state index contributed by atoms with van der Waals surface area (Å²) >= 11 is 0. The minimum Gasteiger partial charge on any atom is -0.398 e. The molecule has 0 aromatic heterocycles. The first-order valence-electron chi connectivity index (χ1n) is 5.57. The molecule has 0 spiro atoms. The Balaban J connectivity index is 2.03. The van der Waals surface area contributed by atoms with Gasteiger partial charge in [0.25, 0.3) is 0 Å². The number of benzene rings is 1. The Morgan fingerprint density at radius 1 is 1.38 bits per heavy atom. The molecule has 4 heteroatoms. The molecule has 3 nitrogen and oxygen atoms in total. The molecule has 2 rings (SSSR count). The van der Waals surface area contributed by atoms with Crippen molar-refractivity contribution in [1.82, 2.24) is 4.90 Å². The van der Waals surface area contributed by atoms with Gasteiger partial charge in [0.05, 0.1) is 0 Å². The van der Waals surface area contributed by atoms with Gasteiger partial charge in [-0.3, -0.25) is 9.11 Å². The molecule has 1 heterocycles. The van der Waals surface area contributed by atoms with Gasteiger partial charge in [0.1, 0.15) is 0 Å². The van der Waals surface area contributed by atoms with E-state index in [1.165, 1.54) is 11.1 Å². The molecule has 0 bridgehead atoms. The van der Waals surface area contributed by atoms with Crippen LogP contribution in [0.15, 0.2) is 18.2 Å². The number of nitrogens with two attached hydrogens (primary N) is 1. The van der Waals surface area contributed by atoms with Crippen molar-refractivity contribution in [2.45, 2.75) is 13.5 Å². The zero-order valence-electron chi connectivity index (χ0n) is 9.61. The number of anilines is 1. The summed E-state index contributed by atoms with van der Waals surface area (Å²) in [6, 6.07) is 6.14. The molecule has 1 aliphatic heterocycles. The zero-order chi connectivity index (χ0) is 11.5. The Hall–Kier alpha value is -0.870. The SMILES string of the molecule is Cc1ccc(N)c(CN2CCS(=O)CC2)c1. The summed E-state index contributed by atoms with van der Waals surface area (Å²) < 4.78 is 11.2. The van der Waals surface area contributed by atoms with E-state index in [2.05, 4.69) is 17.9 Å². The topological polar surface area (TPSA) is 46.3 Å². The van der Waals surface area contributed by atoms with Crippen LogP contribution in [-0.4, -0.2) is 33.7 Å². The summed E-state index contributed by atoms with van der Waals surface area (Å²) in [5.41, 5.74) is 9.23. The Morgan fingerprint density at radius 2 is 2.06 bits per heavy atom. The number of rotatable bonds is 2. The largest absolute Gasteiger partial charge is 0.398 e. The third-order valence-corrected chi connectivity index (χ3v) is 4.24. The molecule has 1 fully saturated rings. The van der Waals surface area contributed by atoms with Crippen molar-refractivity contribution in [3.8, 4) is 0 Å². The van der Waals surface area contributed by atoms with E-state index in [1.807, 2.05) is 12.1 Å². The second-order valence-corrected chi connectivity index (χ2v) is 6.02. The van der Waals surface area contributed by atoms with Crippen LogP contribution >= 0.6 is 0 Å². The average Bonchev–Trinajstić information content (AvgIpc) is 2.27. The number of nitrogen functional groups attached to an aromatic ring is 1. The fraction of sp³-hybridized carbons (Fsp3) is 0.500. The van der Waals surface area contributed by atoms with E-state index in [0.29, 0.717) is 0 Å². The van der Waals surface area contributed by atoms with Crippen molar-refractivity contribution in [2.75, 3.05) is 30.3 Å². The van der Waals surface area contributed by atoms with Crippen LogP contribution in [0.2, 0.25) is 0 Å². The predicted molar refractivity (Wildman–Crippen MR) is 68.7 cm³/mol. The van der Waals surface area contributed by atoms with Crippen LogP contribution in [0.25, 0.3) is 0 Å². The van der Waals surface area contributed by atoms with E-state index in [1.54, 1.807) is 0 Å². The van der Waals surface area contributed by atoms with Crippen molar-refractivity contribution < 1.29 is 4.21 Å². The number of aryl methyl sites for hydroxylation is 1. The monoisotopic (exact) mass is 238 g/mol. The lowest BCUT2D eigenvalue weighted by Crippen LogP contribution is -2.37. The second-order valence-electron chi connectivity index (χ2n) is 4.33. The fourth-order valence-corrected chi connectivity index (χ4v) is 3.07. The molecule has 1 aliphatic rings. The van der Waals surface area contributed by atoms with Gasteiger partial charge in [0.2, 0.25) is 0 Å². The van der Waals surface area contributed by atoms with E-state index in [-0.39, 0.29) is 0 Å². The first-order valence-corrected chi connectivity index (χ1v) is 7.06. The fourth-order valence-electron chi connectivity index (χ4n) is 1.95.